The first kappa shape index (κ1) is 24.4. The van der Waals surface area contributed by atoms with Crippen LogP contribution in [0.15, 0.2) is 0 Å². The van der Waals surface area contributed by atoms with E-state index in [-0.39, 0.29) is 25.3 Å². The van der Waals surface area contributed by atoms with Crippen LogP contribution in [0.2, 0.25) is 0 Å². The Bertz CT molecular complexity index is 374. The van der Waals surface area contributed by atoms with Gasteiger partial charge in [0.25, 0.3) is 0 Å². The number of unbranched alkanes of at least 4 members (excludes halogenated alkanes) is 12. The Hall–Kier alpha value is -0.650. The first-order valence-electron chi connectivity index (χ1n) is 11.3. The number of aliphatic hydroxyl groups is 2. The molecule has 1 rings (SSSR count). The highest BCUT2D eigenvalue weighted by molar-refractivity contribution is 5.69. The molecule has 0 aliphatic carbocycles. The van der Waals surface area contributed by atoms with Crippen molar-refractivity contribution < 1.29 is 24.5 Å². The summed E-state index contributed by atoms with van der Waals surface area (Å²) in [6.07, 6.45) is 17.6. The summed E-state index contributed by atoms with van der Waals surface area (Å²) in [5.41, 5.74) is 0. The smallest absolute Gasteiger partial charge is 0.308 e. The number of hydrogen-bond acceptors (Lipinski definition) is 5. The fraction of sp³-hybridized carbons (Fsp3) is 0.955. The Kier molecular flexibility index (Phi) is 13.8. The minimum atomic E-state index is -1.24. The average Bonchev–Trinajstić information content (AvgIpc) is 3.09. The maximum absolute atomic E-state index is 12.0. The third-order valence-electron chi connectivity index (χ3n) is 5.46. The molecular formula is C22H42O5. The average molecular weight is 387 g/mol. The second kappa shape index (κ2) is 15.3. The molecule has 1 heterocycles. The molecule has 2 atom stereocenters. The molecule has 0 bridgehead atoms. The lowest BCUT2D eigenvalue weighted by Crippen LogP contribution is -2.39. The van der Waals surface area contributed by atoms with Gasteiger partial charge >= 0.3 is 5.97 Å². The van der Waals surface area contributed by atoms with E-state index >= 15 is 0 Å². The molecule has 2 N–H and O–H groups in total. The zero-order valence-electron chi connectivity index (χ0n) is 17.4. The highest BCUT2D eigenvalue weighted by atomic mass is 16.7. The third-order valence-corrected chi connectivity index (χ3v) is 5.46. The third kappa shape index (κ3) is 11.1. The van der Waals surface area contributed by atoms with E-state index in [1.807, 2.05) is 0 Å². The summed E-state index contributed by atoms with van der Waals surface area (Å²) in [5, 5.41) is 18.6. The second-order valence-electron chi connectivity index (χ2n) is 8.00. The molecule has 0 aromatic carbocycles. The Morgan fingerprint density at radius 2 is 1.44 bits per heavy atom. The quantitative estimate of drug-likeness (QED) is 0.275. The lowest BCUT2D eigenvalue weighted by atomic mass is 10.0. The van der Waals surface area contributed by atoms with Gasteiger partial charge in [0.2, 0.25) is 5.79 Å². The van der Waals surface area contributed by atoms with Crippen molar-refractivity contribution >= 4 is 5.97 Å². The number of rotatable bonds is 17. The second-order valence-corrected chi connectivity index (χ2v) is 8.00. The number of ether oxygens (including phenoxy) is 2. The largest absolute Gasteiger partial charge is 0.430 e. The van der Waals surface area contributed by atoms with Gasteiger partial charge in [-0.3, -0.25) is 4.79 Å². The molecule has 27 heavy (non-hydrogen) atoms. The molecule has 0 saturated carbocycles. The van der Waals surface area contributed by atoms with Crippen molar-refractivity contribution in [2.24, 2.45) is 0 Å². The van der Waals surface area contributed by atoms with E-state index in [1.54, 1.807) is 0 Å². The van der Waals surface area contributed by atoms with Crippen LogP contribution in [-0.2, 0) is 14.3 Å². The summed E-state index contributed by atoms with van der Waals surface area (Å²) in [4.78, 5) is 12.0. The summed E-state index contributed by atoms with van der Waals surface area (Å²) < 4.78 is 10.9. The molecule has 5 nitrogen and oxygen atoms in total. The maximum atomic E-state index is 12.0. The molecule has 0 amide bonds. The van der Waals surface area contributed by atoms with Crippen LogP contribution in [0.1, 0.15) is 110 Å². The Labute approximate surface area is 165 Å². The molecule has 1 aliphatic rings. The van der Waals surface area contributed by atoms with Gasteiger partial charge in [0.15, 0.2) is 0 Å². The van der Waals surface area contributed by atoms with E-state index < -0.39 is 5.79 Å². The molecule has 5 heteroatoms. The van der Waals surface area contributed by atoms with E-state index in [4.69, 9.17) is 14.6 Å². The zero-order valence-corrected chi connectivity index (χ0v) is 17.4. The Balaban J connectivity index is 1.92. The maximum Gasteiger partial charge on any atom is 0.308 e. The summed E-state index contributed by atoms with van der Waals surface area (Å²) >= 11 is 0. The summed E-state index contributed by atoms with van der Waals surface area (Å²) in [5.74, 6) is -1.55. The Morgan fingerprint density at radius 3 is 1.89 bits per heavy atom. The highest BCUT2D eigenvalue weighted by Crippen LogP contribution is 2.31. The number of carbonyl (C=O) groups excluding carboxylic acids is 1. The van der Waals surface area contributed by atoms with Gasteiger partial charge in [-0.05, 0) is 12.8 Å². The fourth-order valence-electron chi connectivity index (χ4n) is 3.70. The van der Waals surface area contributed by atoms with Gasteiger partial charge in [-0.15, -0.1) is 0 Å². The number of aliphatic hydroxyl groups excluding tert-OH is 2. The number of esters is 1. The number of carbonyl (C=O) groups is 1. The van der Waals surface area contributed by atoms with Crippen LogP contribution in [0, 0.1) is 0 Å². The lowest BCUT2D eigenvalue weighted by molar-refractivity contribution is -0.241. The molecule has 0 spiro atoms. The van der Waals surface area contributed by atoms with Gasteiger partial charge < -0.3 is 19.7 Å². The molecule has 1 saturated heterocycles. The fourth-order valence-corrected chi connectivity index (χ4v) is 3.70. The van der Waals surface area contributed by atoms with Gasteiger partial charge in [0.1, 0.15) is 6.61 Å². The first-order valence-corrected chi connectivity index (χ1v) is 11.3. The van der Waals surface area contributed by atoms with Crippen molar-refractivity contribution in [1.82, 2.24) is 0 Å². The summed E-state index contributed by atoms with van der Waals surface area (Å²) in [7, 11) is 0. The molecule has 0 aromatic heterocycles. The Morgan fingerprint density at radius 1 is 0.926 bits per heavy atom. The molecule has 1 aliphatic heterocycles. The molecule has 160 valence electrons. The number of hydrogen-bond donors (Lipinski definition) is 2. The van der Waals surface area contributed by atoms with Crippen LogP contribution < -0.4 is 0 Å². The van der Waals surface area contributed by atoms with Gasteiger partial charge in [-0.25, -0.2) is 0 Å². The van der Waals surface area contributed by atoms with Gasteiger partial charge in [0, 0.05) is 12.8 Å². The summed E-state index contributed by atoms with van der Waals surface area (Å²) in [6.45, 7) is 1.79. The van der Waals surface area contributed by atoms with Gasteiger partial charge in [-0.1, -0.05) is 84.0 Å². The standard InChI is InChI=1S/C22H42O5/c1-2-3-4-5-6-7-8-9-10-11-12-13-14-15-21(25)27-22(19-24)17-16-20(18-23)26-22/h20,23-24H,2-19H2,1H3. The first-order chi connectivity index (χ1) is 13.2. The van der Waals surface area contributed by atoms with Crippen molar-refractivity contribution in [3.8, 4) is 0 Å². The van der Waals surface area contributed by atoms with Crippen LogP contribution in [0.25, 0.3) is 0 Å². The van der Waals surface area contributed by atoms with Crippen LogP contribution in [-0.4, -0.2) is 41.3 Å². The SMILES string of the molecule is CCCCCCCCCCCCCCCC(=O)OC1(CO)CCC(CO)O1. The van der Waals surface area contributed by atoms with Crippen LogP contribution in [0.4, 0.5) is 0 Å². The molecule has 0 radical (unpaired) electrons. The lowest BCUT2D eigenvalue weighted by Gasteiger charge is -2.26. The summed E-state index contributed by atoms with van der Waals surface area (Å²) in [6, 6.07) is 0. The monoisotopic (exact) mass is 386 g/mol. The van der Waals surface area contributed by atoms with E-state index in [2.05, 4.69) is 6.92 Å². The minimum Gasteiger partial charge on any atom is -0.430 e. The van der Waals surface area contributed by atoms with E-state index in [1.165, 1.54) is 64.2 Å². The molecule has 1 fully saturated rings. The van der Waals surface area contributed by atoms with Crippen LogP contribution in [0.5, 0.6) is 0 Å². The molecule has 0 aromatic rings. The topological polar surface area (TPSA) is 76.0 Å². The van der Waals surface area contributed by atoms with Gasteiger partial charge in [-0.2, -0.15) is 0 Å². The van der Waals surface area contributed by atoms with Crippen LogP contribution >= 0.6 is 0 Å². The van der Waals surface area contributed by atoms with E-state index in [0.717, 1.165) is 19.3 Å². The van der Waals surface area contributed by atoms with Crippen LogP contribution in [0.3, 0.4) is 0 Å². The highest BCUT2D eigenvalue weighted by Gasteiger charge is 2.43. The van der Waals surface area contributed by atoms with Crippen molar-refractivity contribution in [3.05, 3.63) is 0 Å². The predicted octanol–water partition coefficient (Wildman–Crippen LogP) is 4.87. The van der Waals surface area contributed by atoms with Crippen molar-refractivity contribution in [2.75, 3.05) is 13.2 Å². The minimum absolute atomic E-state index is 0.113. The zero-order chi connectivity index (χ0) is 19.8. The molecule has 2 unspecified atom stereocenters. The molecular weight excluding hydrogens is 344 g/mol. The van der Waals surface area contributed by atoms with Crippen molar-refractivity contribution in [2.45, 2.75) is 122 Å². The van der Waals surface area contributed by atoms with Crippen molar-refractivity contribution in [1.29, 1.82) is 0 Å². The van der Waals surface area contributed by atoms with E-state index in [0.29, 0.717) is 19.3 Å². The van der Waals surface area contributed by atoms with Gasteiger partial charge in [0.05, 0.1) is 12.7 Å². The van der Waals surface area contributed by atoms with E-state index in [9.17, 15) is 9.90 Å². The van der Waals surface area contributed by atoms with Crippen molar-refractivity contribution in [3.63, 3.8) is 0 Å². The predicted molar refractivity (Wildman–Crippen MR) is 107 cm³/mol. The normalized spacial score (nSPS) is 22.3.